The van der Waals surface area contributed by atoms with Crippen molar-refractivity contribution in [2.24, 2.45) is 0 Å². The number of hydrogen-bond acceptors (Lipinski definition) is 1. The average Bonchev–Trinajstić information content (AvgIpc) is 1.41. The molecule has 0 radical (unpaired) electrons. The van der Waals surface area contributed by atoms with E-state index >= 15 is 0 Å². The van der Waals surface area contributed by atoms with Gasteiger partial charge in [-0.1, -0.05) is 0 Å². The van der Waals surface area contributed by atoms with Gasteiger partial charge in [-0.3, -0.25) is 0 Å². The van der Waals surface area contributed by atoms with E-state index in [0.29, 0.717) is 0 Å². The summed E-state index contributed by atoms with van der Waals surface area (Å²) < 4.78 is 4.83. The number of hydrogen-bond donors (Lipinski definition) is 0. The molecule has 8 heavy (non-hydrogen) atoms. The zero-order valence-corrected chi connectivity index (χ0v) is 11.0. The van der Waals surface area contributed by atoms with E-state index in [1.165, 1.54) is 0 Å². The second-order valence-corrected chi connectivity index (χ2v) is 0.781. The first kappa shape index (κ1) is 22.5. The van der Waals surface area contributed by atoms with Crippen LogP contribution >= 0.6 is 0 Å². The molecule has 0 spiro atoms. The molecule has 0 aliphatic rings. The molecule has 0 saturated heterocycles. The molecule has 0 atom stereocenters. The summed E-state index contributed by atoms with van der Waals surface area (Å²) in [6.07, 6.45) is 0. The first-order valence-electron chi connectivity index (χ1n) is 1.99. The smallest absolute Gasteiger partial charge is 1.00 e. The number of halogens is 2. The first-order chi connectivity index (χ1) is 2.41. The van der Waals surface area contributed by atoms with Gasteiger partial charge in [0.25, 0.3) is 0 Å². The predicted molar refractivity (Wildman–Crippen MR) is 27.9 cm³/mol. The maximum Gasteiger partial charge on any atom is 2.00 e. The van der Waals surface area contributed by atoms with Gasteiger partial charge in [0.15, 0.2) is 0 Å². The SMILES string of the molecule is CCOCC.[I-].[I-].[Mg+2]. The van der Waals surface area contributed by atoms with Gasteiger partial charge in [-0.15, -0.1) is 0 Å². The molecule has 48 valence electrons. The van der Waals surface area contributed by atoms with Gasteiger partial charge in [0, 0.05) is 13.2 Å². The fraction of sp³-hybridized carbons (Fsp3) is 1.00. The van der Waals surface area contributed by atoms with E-state index < -0.39 is 0 Å². The molecule has 0 amide bonds. The quantitative estimate of drug-likeness (QED) is 0.356. The number of ether oxygens (including phenoxy) is 1. The molecule has 1 nitrogen and oxygen atoms in total. The van der Waals surface area contributed by atoms with Crippen LogP contribution in [0.15, 0.2) is 0 Å². The molecule has 0 saturated carbocycles. The van der Waals surface area contributed by atoms with E-state index in [-0.39, 0.29) is 71.0 Å². The Bertz CT molecular complexity index is 21.5. The van der Waals surface area contributed by atoms with Crippen molar-refractivity contribution in [3.8, 4) is 0 Å². The predicted octanol–water partition coefficient (Wildman–Crippen LogP) is -5.33. The average molecular weight is 352 g/mol. The third kappa shape index (κ3) is 24.1. The van der Waals surface area contributed by atoms with Crippen molar-refractivity contribution in [3.63, 3.8) is 0 Å². The zero-order valence-electron chi connectivity index (χ0n) is 5.29. The van der Waals surface area contributed by atoms with E-state index in [1.54, 1.807) is 0 Å². The summed E-state index contributed by atoms with van der Waals surface area (Å²) in [6.45, 7) is 5.67. The fourth-order valence-electron chi connectivity index (χ4n) is 0.204. The van der Waals surface area contributed by atoms with Crippen molar-refractivity contribution in [1.82, 2.24) is 0 Å². The van der Waals surface area contributed by atoms with Gasteiger partial charge in [0.2, 0.25) is 0 Å². The van der Waals surface area contributed by atoms with Crippen LogP contribution < -0.4 is 48.0 Å². The van der Waals surface area contributed by atoms with Crippen molar-refractivity contribution in [1.29, 1.82) is 0 Å². The Labute approximate surface area is 102 Å². The maximum absolute atomic E-state index is 4.83. The summed E-state index contributed by atoms with van der Waals surface area (Å²) in [4.78, 5) is 0. The third-order valence-corrected chi connectivity index (χ3v) is 0.408. The van der Waals surface area contributed by atoms with Crippen LogP contribution in [0, 0.1) is 0 Å². The first-order valence-corrected chi connectivity index (χ1v) is 1.99. The Balaban J connectivity index is -0.0000000267. The molecular weight excluding hydrogens is 342 g/mol. The monoisotopic (exact) mass is 352 g/mol. The molecule has 0 N–H and O–H groups in total. The standard InChI is InChI=1S/C4H10O.2HI.Mg/c1-3-5-4-2;;;/h3-4H2,1-2H3;2*1H;/q;;;+2/p-2. The van der Waals surface area contributed by atoms with E-state index in [9.17, 15) is 0 Å². The van der Waals surface area contributed by atoms with Crippen LogP contribution in [0.25, 0.3) is 0 Å². The largest absolute Gasteiger partial charge is 2.00 e. The molecule has 0 aliphatic heterocycles. The molecule has 0 heterocycles. The Morgan fingerprint density at radius 2 is 1.25 bits per heavy atom. The van der Waals surface area contributed by atoms with E-state index in [4.69, 9.17) is 4.74 Å². The van der Waals surface area contributed by atoms with Crippen molar-refractivity contribution in [2.45, 2.75) is 13.8 Å². The molecule has 4 heteroatoms. The minimum absolute atomic E-state index is 0. The summed E-state index contributed by atoms with van der Waals surface area (Å²) in [7, 11) is 0. The Morgan fingerprint density at radius 3 is 1.25 bits per heavy atom. The van der Waals surface area contributed by atoms with Crippen molar-refractivity contribution in [3.05, 3.63) is 0 Å². The van der Waals surface area contributed by atoms with Gasteiger partial charge in [-0.05, 0) is 13.8 Å². The van der Waals surface area contributed by atoms with Crippen LogP contribution in [0.5, 0.6) is 0 Å². The molecule has 0 rings (SSSR count). The van der Waals surface area contributed by atoms with Crippen LogP contribution in [-0.2, 0) is 4.74 Å². The minimum atomic E-state index is 0. The third-order valence-electron chi connectivity index (χ3n) is 0.408. The van der Waals surface area contributed by atoms with E-state index in [2.05, 4.69) is 0 Å². The van der Waals surface area contributed by atoms with Crippen molar-refractivity contribution >= 4 is 23.1 Å². The summed E-state index contributed by atoms with van der Waals surface area (Å²) in [6, 6.07) is 0. The van der Waals surface area contributed by atoms with Crippen LogP contribution in [-0.4, -0.2) is 36.3 Å². The topological polar surface area (TPSA) is 9.23 Å². The van der Waals surface area contributed by atoms with Crippen LogP contribution in [0.2, 0.25) is 0 Å². The molecule has 0 aromatic heterocycles. The molecule has 0 unspecified atom stereocenters. The molecule has 0 aromatic carbocycles. The second kappa shape index (κ2) is 22.9. The van der Waals surface area contributed by atoms with Gasteiger partial charge in [-0.2, -0.15) is 0 Å². The zero-order chi connectivity index (χ0) is 4.12. The summed E-state index contributed by atoms with van der Waals surface area (Å²) in [5.41, 5.74) is 0. The van der Waals surface area contributed by atoms with Crippen molar-refractivity contribution < 1.29 is 52.7 Å². The van der Waals surface area contributed by atoms with Gasteiger partial charge < -0.3 is 52.7 Å². The van der Waals surface area contributed by atoms with Gasteiger partial charge in [0.05, 0.1) is 0 Å². The fourth-order valence-corrected chi connectivity index (χ4v) is 0.204. The van der Waals surface area contributed by atoms with Crippen LogP contribution in [0.3, 0.4) is 0 Å². The summed E-state index contributed by atoms with van der Waals surface area (Å²) in [5, 5.41) is 0. The summed E-state index contributed by atoms with van der Waals surface area (Å²) in [5.74, 6) is 0. The van der Waals surface area contributed by atoms with Crippen molar-refractivity contribution in [2.75, 3.05) is 13.2 Å². The Morgan fingerprint density at radius 1 is 1.00 bits per heavy atom. The van der Waals surface area contributed by atoms with Gasteiger partial charge >= 0.3 is 23.1 Å². The maximum atomic E-state index is 4.83. The molecule has 0 aromatic rings. The normalized spacial score (nSPS) is 5.25. The van der Waals surface area contributed by atoms with Crippen LogP contribution in [0.4, 0.5) is 0 Å². The second-order valence-electron chi connectivity index (χ2n) is 0.781. The summed E-state index contributed by atoms with van der Waals surface area (Å²) >= 11 is 0. The molecule has 0 fully saturated rings. The van der Waals surface area contributed by atoms with Crippen LogP contribution in [0.1, 0.15) is 13.8 Å². The van der Waals surface area contributed by atoms with Gasteiger partial charge in [0.1, 0.15) is 0 Å². The molecule has 0 aliphatic carbocycles. The molecule has 0 bridgehead atoms. The number of rotatable bonds is 2. The Kier molecular flexibility index (Phi) is 64.3. The molecular formula is C4H10I2MgO. The minimum Gasteiger partial charge on any atom is -1.00 e. The Hall–Kier alpha value is 2.19. The van der Waals surface area contributed by atoms with E-state index in [0.717, 1.165) is 13.2 Å². The van der Waals surface area contributed by atoms with Gasteiger partial charge in [-0.25, -0.2) is 0 Å². The van der Waals surface area contributed by atoms with E-state index in [1.807, 2.05) is 13.8 Å².